The van der Waals surface area contributed by atoms with E-state index in [-0.39, 0.29) is 19.0 Å². The van der Waals surface area contributed by atoms with E-state index in [4.69, 9.17) is 21.1 Å². The molecule has 7 nitrogen and oxygen atoms in total. The van der Waals surface area contributed by atoms with Crippen molar-refractivity contribution < 1.29 is 19.1 Å². The van der Waals surface area contributed by atoms with Crippen molar-refractivity contribution in [1.29, 1.82) is 0 Å². The lowest BCUT2D eigenvalue weighted by Gasteiger charge is -2.27. The molecule has 0 bridgehead atoms. The van der Waals surface area contributed by atoms with Crippen LogP contribution in [0.3, 0.4) is 0 Å². The van der Waals surface area contributed by atoms with Gasteiger partial charge in [-0.25, -0.2) is 4.79 Å². The SMILES string of the molecule is C=CCN(CC(=O)N(CCc1ccc(OC)c(OC)c1)Cc1ccc(C)s1)C(=O)Nc1ccc(C)c(Cl)c1. The highest BCUT2D eigenvalue weighted by Crippen LogP contribution is 2.28. The number of urea groups is 1. The first-order valence-electron chi connectivity index (χ1n) is 12.2. The summed E-state index contributed by atoms with van der Waals surface area (Å²) in [5.41, 5.74) is 2.49. The quantitative estimate of drug-likeness (QED) is 0.265. The van der Waals surface area contributed by atoms with Crippen LogP contribution in [0.4, 0.5) is 10.5 Å². The van der Waals surface area contributed by atoms with Gasteiger partial charge in [0.05, 0.1) is 20.8 Å². The second-order valence-electron chi connectivity index (χ2n) is 8.83. The Morgan fingerprint density at radius 1 is 1.03 bits per heavy atom. The van der Waals surface area contributed by atoms with Crippen molar-refractivity contribution in [2.45, 2.75) is 26.8 Å². The average molecular weight is 556 g/mol. The second kappa shape index (κ2) is 13.9. The van der Waals surface area contributed by atoms with Crippen LogP contribution in [0.25, 0.3) is 0 Å². The number of amides is 3. The van der Waals surface area contributed by atoms with Gasteiger partial charge in [0.1, 0.15) is 6.54 Å². The average Bonchev–Trinajstić information content (AvgIpc) is 3.32. The van der Waals surface area contributed by atoms with Gasteiger partial charge in [0, 0.05) is 33.6 Å². The first-order valence-corrected chi connectivity index (χ1v) is 13.4. The molecule has 0 saturated carbocycles. The zero-order chi connectivity index (χ0) is 27.7. The third kappa shape index (κ3) is 8.00. The zero-order valence-corrected chi connectivity index (χ0v) is 23.8. The van der Waals surface area contributed by atoms with E-state index in [1.807, 2.05) is 50.2 Å². The molecule has 9 heteroatoms. The van der Waals surface area contributed by atoms with E-state index in [0.29, 0.717) is 41.7 Å². The lowest BCUT2D eigenvalue weighted by molar-refractivity contribution is -0.132. The molecular weight excluding hydrogens is 522 g/mol. The highest BCUT2D eigenvalue weighted by Gasteiger charge is 2.22. The van der Waals surface area contributed by atoms with Gasteiger partial charge in [0.15, 0.2) is 11.5 Å². The minimum Gasteiger partial charge on any atom is -0.493 e. The van der Waals surface area contributed by atoms with Crippen molar-refractivity contribution in [3.8, 4) is 11.5 Å². The number of carbonyl (C=O) groups excluding carboxylic acids is 2. The van der Waals surface area contributed by atoms with Crippen molar-refractivity contribution in [1.82, 2.24) is 9.80 Å². The minimum atomic E-state index is -0.398. The third-order valence-electron chi connectivity index (χ3n) is 6.00. The number of hydrogen-bond acceptors (Lipinski definition) is 5. The molecule has 0 aliphatic heterocycles. The molecule has 0 unspecified atom stereocenters. The van der Waals surface area contributed by atoms with Crippen LogP contribution in [0.2, 0.25) is 5.02 Å². The van der Waals surface area contributed by atoms with Crippen molar-refractivity contribution in [3.05, 3.63) is 87.1 Å². The van der Waals surface area contributed by atoms with E-state index in [0.717, 1.165) is 16.0 Å². The predicted molar refractivity (Wildman–Crippen MR) is 155 cm³/mol. The summed E-state index contributed by atoms with van der Waals surface area (Å²) in [7, 11) is 3.19. The molecule has 0 atom stereocenters. The summed E-state index contributed by atoms with van der Waals surface area (Å²) in [6.07, 6.45) is 2.22. The van der Waals surface area contributed by atoms with Gasteiger partial charge in [0.2, 0.25) is 5.91 Å². The summed E-state index contributed by atoms with van der Waals surface area (Å²) >= 11 is 7.86. The molecule has 3 aromatic rings. The molecule has 1 heterocycles. The highest BCUT2D eigenvalue weighted by atomic mass is 35.5. The molecule has 0 aliphatic rings. The van der Waals surface area contributed by atoms with E-state index >= 15 is 0 Å². The number of hydrogen-bond donors (Lipinski definition) is 1. The van der Waals surface area contributed by atoms with Crippen LogP contribution in [0.15, 0.2) is 61.2 Å². The van der Waals surface area contributed by atoms with Gasteiger partial charge in [-0.15, -0.1) is 17.9 Å². The molecule has 202 valence electrons. The largest absolute Gasteiger partial charge is 0.493 e. The molecule has 1 aromatic heterocycles. The van der Waals surface area contributed by atoms with E-state index in [2.05, 4.69) is 11.9 Å². The van der Waals surface area contributed by atoms with Crippen LogP contribution in [-0.4, -0.2) is 55.6 Å². The molecule has 0 spiro atoms. The maximum absolute atomic E-state index is 13.5. The van der Waals surface area contributed by atoms with Gasteiger partial charge in [-0.3, -0.25) is 4.79 Å². The fraction of sp³-hybridized carbons (Fsp3) is 0.310. The Labute approximate surface area is 233 Å². The molecule has 0 radical (unpaired) electrons. The molecule has 0 fully saturated rings. The number of thiophene rings is 1. The summed E-state index contributed by atoms with van der Waals surface area (Å²) in [5.74, 6) is 1.14. The van der Waals surface area contributed by atoms with Crippen LogP contribution in [-0.2, 0) is 17.8 Å². The third-order valence-corrected chi connectivity index (χ3v) is 7.39. The number of rotatable bonds is 12. The van der Waals surface area contributed by atoms with E-state index in [1.165, 1.54) is 9.78 Å². The van der Waals surface area contributed by atoms with Crippen molar-refractivity contribution in [2.24, 2.45) is 0 Å². The number of nitrogens with zero attached hydrogens (tertiary/aromatic N) is 2. The monoisotopic (exact) mass is 555 g/mol. The van der Waals surface area contributed by atoms with Crippen LogP contribution in [0.5, 0.6) is 11.5 Å². The molecular formula is C29H34ClN3O4S. The fourth-order valence-corrected chi connectivity index (χ4v) is 4.95. The van der Waals surface area contributed by atoms with Crippen molar-refractivity contribution in [3.63, 3.8) is 0 Å². The maximum atomic E-state index is 13.5. The zero-order valence-electron chi connectivity index (χ0n) is 22.3. The molecule has 3 amide bonds. The number of halogens is 1. The first kappa shape index (κ1) is 29.1. The molecule has 3 rings (SSSR count). The topological polar surface area (TPSA) is 71.1 Å². The second-order valence-corrected chi connectivity index (χ2v) is 10.6. The van der Waals surface area contributed by atoms with Crippen molar-refractivity contribution in [2.75, 3.05) is 39.2 Å². The molecule has 1 N–H and O–H groups in total. The van der Waals surface area contributed by atoms with Gasteiger partial charge in [-0.05, 0) is 67.8 Å². The summed E-state index contributed by atoms with van der Waals surface area (Å²) < 4.78 is 10.8. The highest BCUT2D eigenvalue weighted by molar-refractivity contribution is 7.11. The number of aryl methyl sites for hydroxylation is 2. The molecule has 2 aromatic carbocycles. The molecule has 38 heavy (non-hydrogen) atoms. The molecule has 0 aliphatic carbocycles. The van der Waals surface area contributed by atoms with Crippen molar-refractivity contribution >= 4 is 40.6 Å². The molecule has 0 saturated heterocycles. The normalized spacial score (nSPS) is 10.6. The first-order chi connectivity index (χ1) is 18.2. The Morgan fingerprint density at radius 2 is 1.79 bits per heavy atom. The summed E-state index contributed by atoms with van der Waals surface area (Å²) in [5, 5.41) is 3.39. The van der Waals surface area contributed by atoms with Gasteiger partial charge in [-0.1, -0.05) is 29.8 Å². The van der Waals surface area contributed by atoms with Gasteiger partial charge >= 0.3 is 6.03 Å². The van der Waals surface area contributed by atoms with Gasteiger partial charge in [0.25, 0.3) is 0 Å². The van der Waals surface area contributed by atoms with E-state index in [9.17, 15) is 9.59 Å². The van der Waals surface area contributed by atoms with Crippen LogP contribution >= 0.6 is 22.9 Å². The number of carbonyl (C=O) groups is 2. The van der Waals surface area contributed by atoms with E-state index < -0.39 is 6.03 Å². The Hall–Kier alpha value is -3.49. The Kier molecular flexibility index (Phi) is 10.6. The van der Waals surface area contributed by atoms with E-state index in [1.54, 1.807) is 48.7 Å². The van der Waals surface area contributed by atoms with Crippen LogP contribution < -0.4 is 14.8 Å². The predicted octanol–water partition coefficient (Wildman–Crippen LogP) is 6.33. The number of benzene rings is 2. The maximum Gasteiger partial charge on any atom is 0.322 e. The van der Waals surface area contributed by atoms with Crippen LogP contribution in [0, 0.1) is 13.8 Å². The lowest BCUT2D eigenvalue weighted by Crippen LogP contribution is -2.44. The number of methoxy groups -OCH3 is 2. The Bertz CT molecular complexity index is 1280. The van der Waals surface area contributed by atoms with Gasteiger partial charge < -0.3 is 24.6 Å². The summed E-state index contributed by atoms with van der Waals surface area (Å²) in [6.45, 7) is 8.75. The Balaban J connectivity index is 1.75. The number of anilines is 1. The number of nitrogens with one attached hydrogen (secondary N) is 1. The number of ether oxygens (including phenoxy) is 2. The fourth-order valence-electron chi connectivity index (χ4n) is 3.86. The lowest BCUT2D eigenvalue weighted by atomic mass is 10.1. The standard InChI is InChI=1S/C29H34ClN3O4S/c1-6-14-33(29(35)31-23-10-7-20(2)25(30)17-23)19-28(34)32(18-24-11-8-21(3)38-24)15-13-22-9-12-26(36-4)27(16-22)37-5/h6-12,16-17H,1,13-15,18-19H2,2-5H3,(H,31,35). The van der Waals surface area contributed by atoms with Gasteiger partial charge in [-0.2, -0.15) is 0 Å². The summed E-state index contributed by atoms with van der Waals surface area (Å²) in [4.78, 5) is 32.1. The van der Waals surface area contributed by atoms with Crippen LogP contribution in [0.1, 0.15) is 20.9 Å². The smallest absolute Gasteiger partial charge is 0.322 e. The Morgan fingerprint density at radius 3 is 2.42 bits per heavy atom. The minimum absolute atomic E-state index is 0.0895. The summed E-state index contributed by atoms with van der Waals surface area (Å²) in [6, 6.07) is 14.7.